The first-order valence-electron chi connectivity index (χ1n) is 11.8. The van der Waals surface area contributed by atoms with E-state index in [1.54, 1.807) is 12.3 Å². The molecule has 201 valence electrons. The van der Waals surface area contributed by atoms with Gasteiger partial charge in [-0.05, 0) is 55.0 Å². The van der Waals surface area contributed by atoms with Crippen molar-refractivity contribution in [3.63, 3.8) is 0 Å². The lowest BCUT2D eigenvalue weighted by atomic mass is 9.94. The summed E-state index contributed by atoms with van der Waals surface area (Å²) in [6.07, 6.45) is 4.73. The molecule has 3 aromatic heterocycles. The second-order valence-corrected chi connectivity index (χ2v) is 12.1. The molecule has 3 aromatic rings. The van der Waals surface area contributed by atoms with Crippen molar-refractivity contribution in [1.29, 1.82) is 0 Å². The monoisotopic (exact) mass is 578 g/mol. The standard InChI is InChI=1S/C24H25ClN5O6S2/c1-12-16(23-17-7-21(25)27-8-13(17)2-3-36-23)6-20(37-12)22(32)18-10-26-11-28-24(18)30-15-4-14(19(31)5-15)9-29-38(33,34)35/h6-11,14-15,19,23,29,31H,2-5H2,1H3,(H,26,28,30)(H,33,34,35)/t14-,15-,19+,23+/m1/s1. The van der Waals surface area contributed by atoms with Crippen LogP contribution < -0.4 is 10.0 Å². The maximum Gasteiger partial charge on any atom is 0.333 e. The fourth-order valence-corrected chi connectivity index (χ4v) is 6.40. The van der Waals surface area contributed by atoms with Crippen LogP contribution in [0.15, 0.2) is 30.9 Å². The zero-order chi connectivity index (χ0) is 27.0. The third-order valence-electron chi connectivity index (χ3n) is 6.70. The van der Waals surface area contributed by atoms with Gasteiger partial charge in [0.25, 0.3) is 0 Å². The quantitative estimate of drug-likeness (QED) is 0.177. The summed E-state index contributed by atoms with van der Waals surface area (Å²) in [6, 6.07) is 3.35. The maximum absolute atomic E-state index is 13.6. The van der Waals surface area contributed by atoms with Gasteiger partial charge in [0.2, 0.25) is 5.78 Å². The van der Waals surface area contributed by atoms with Crippen LogP contribution in [0, 0.1) is 19.4 Å². The number of rotatable bonds is 8. The molecule has 1 aliphatic carbocycles. The molecule has 0 unspecified atom stereocenters. The van der Waals surface area contributed by atoms with Gasteiger partial charge in [-0.2, -0.15) is 13.1 Å². The lowest BCUT2D eigenvalue weighted by Crippen LogP contribution is -2.27. The number of anilines is 1. The van der Waals surface area contributed by atoms with E-state index >= 15 is 0 Å². The average Bonchev–Trinajstić information content (AvgIpc) is 3.43. The van der Waals surface area contributed by atoms with E-state index in [0.29, 0.717) is 35.3 Å². The third-order valence-corrected chi connectivity index (χ3v) is 8.40. The van der Waals surface area contributed by atoms with Gasteiger partial charge in [0.05, 0.1) is 23.2 Å². The Labute approximate surface area is 228 Å². The minimum atomic E-state index is -4.41. The van der Waals surface area contributed by atoms with Gasteiger partial charge in [-0.3, -0.25) is 9.35 Å². The number of carbonyl (C=O) groups is 1. The van der Waals surface area contributed by atoms with E-state index in [0.717, 1.165) is 34.5 Å². The van der Waals surface area contributed by atoms with Crippen LogP contribution in [0.2, 0.25) is 5.15 Å². The molecule has 5 rings (SSSR count). The number of nitrogens with zero attached hydrogens (tertiary/aromatic N) is 3. The summed E-state index contributed by atoms with van der Waals surface area (Å²) >= 11 is 7.51. The minimum Gasteiger partial charge on any atom is -0.393 e. The molecule has 4 heterocycles. The molecule has 14 heteroatoms. The predicted octanol–water partition coefficient (Wildman–Crippen LogP) is 2.89. The number of pyridine rings is 1. The highest BCUT2D eigenvalue weighted by atomic mass is 35.5. The van der Waals surface area contributed by atoms with E-state index in [-0.39, 0.29) is 23.5 Å². The summed E-state index contributed by atoms with van der Waals surface area (Å²) in [5.41, 5.74) is 3.16. The second-order valence-electron chi connectivity index (χ2n) is 9.25. The van der Waals surface area contributed by atoms with Crippen molar-refractivity contribution in [3.05, 3.63) is 74.6 Å². The Morgan fingerprint density at radius 3 is 2.84 bits per heavy atom. The van der Waals surface area contributed by atoms with Crippen LogP contribution in [-0.2, 0) is 21.5 Å². The van der Waals surface area contributed by atoms with Gasteiger partial charge < -0.3 is 15.2 Å². The Bertz CT molecular complexity index is 1470. The van der Waals surface area contributed by atoms with E-state index in [2.05, 4.69) is 20.3 Å². The predicted molar refractivity (Wildman–Crippen MR) is 140 cm³/mol. The first kappa shape index (κ1) is 27.1. The van der Waals surface area contributed by atoms with E-state index in [4.69, 9.17) is 20.9 Å². The lowest BCUT2D eigenvalue weighted by molar-refractivity contribution is 0.0695. The smallest absolute Gasteiger partial charge is 0.333 e. The third kappa shape index (κ3) is 5.88. The van der Waals surface area contributed by atoms with Crippen molar-refractivity contribution in [1.82, 2.24) is 19.7 Å². The zero-order valence-corrected chi connectivity index (χ0v) is 22.6. The van der Waals surface area contributed by atoms with Crippen molar-refractivity contribution < 1.29 is 27.6 Å². The summed E-state index contributed by atoms with van der Waals surface area (Å²) in [5, 5.41) is 13.9. The van der Waals surface area contributed by atoms with Crippen LogP contribution in [0.4, 0.5) is 5.82 Å². The number of aliphatic hydroxyl groups excluding tert-OH is 1. The number of fused-ring (bicyclic) bond motifs is 1. The maximum atomic E-state index is 13.6. The number of hydrogen-bond acceptors (Lipinski definition) is 10. The molecule has 0 amide bonds. The Hall–Kier alpha value is -2.52. The molecule has 1 fully saturated rings. The average molecular weight is 579 g/mol. The molecule has 38 heavy (non-hydrogen) atoms. The number of ether oxygens (including phenoxy) is 1. The Morgan fingerprint density at radius 1 is 1.24 bits per heavy atom. The van der Waals surface area contributed by atoms with Gasteiger partial charge in [-0.25, -0.2) is 15.0 Å². The lowest BCUT2D eigenvalue weighted by Gasteiger charge is -2.26. The van der Waals surface area contributed by atoms with E-state index in [1.165, 1.54) is 23.9 Å². The van der Waals surface area contributed by atoms with E-state index in [1.807, 2.05) is 17.7 Å². The number of halogens is 1. The highest BCUT2D eigenvalue weighted by Gasteiger charge is 2.35. The number of carbonyl (C=O) groups excluding carboxylic acids is 1. The SMILES string of the molecule is Cc1sc(C(=O)c2cncnc2N[C@H]2C[C@H](O)[C@@H]([CH]NS(=O)(=O)O)C2)cc1[C@@H]1OCCc2cnc(Cl)cc21. The first-order valence-corrected chi connectivity index (χ1v) is 14.5. The molecule has 0 aromatic carbocycles. The molecule has 1 aliphatic heterocycles. The number of aliphatic hydroxyl groups is 1. The fraction of sp³-hybridized carbons (Fsp3) is 0.375. The van der Waals surface area contributed by atoms with Gasteiger partial charge in [-0.15, -0.1) is 11.3 Å². The van der Waals surface area contributed by atoms with Gasteiger partial charge in [0.1, 0.15) is 23.4 Å². The van der Waals surface area contributed by atoms with Crippen molar-refractivity contribution >= 4 is 44.8 Å². The summed E-state index contributed by atoms with van der Waals surface area (Å²) in [7, 11) is -4.41. The molecule has 2 aliphatic rings. The summed E-state index contributed by atoms with van der Waals surface area (Å²) in [4.78, 5) is 27.5. The topological polar surface area (TPSA) is 164 Å². The first-order chi connectivity index (χ1) is 18.1. The van der Waals surface area contributed by atoms with Crippen LogP contribution >= 0.6 is 22.9 Å². The summed E-state index contributed by atoms with van der Waals surface area (Å²) in [5.74, 6) is -0.471. The normalized spacial score (nSPS) is 23.3. The molecule has 4 atom stereocenters. The molecule has 0 spiro atoms. The molecular weight excluding hydrogens is 554 g/mol. The number of hydrogen-bond donors (Lipinski definition) is 4. The van der Waals surface area contributed by atoms with Gasteiger partial charge in [0, 0.05) is 35.8 Å². The van der Waals surface area contributed by atoms with Crippen LogP contribution in [0.5, 0.6) is 0 Å². The minimum absolute atomic E-state index is 0.258. The van der Waals surface area contributed by atoms with Gasteiger partial charge in [-0.1, -0.05) is 11.6 Å². The zero-order valence-electron chi connectivity index (χ0n) is 20.2. The van der Waals surface area contributed by atoms with Gasteiger partial charge >= 0.3 is 10.3 Å². The Kier molecular flexibility index (Phi) is 7.78. The number of aromatic nitrogens is 3. The van der Waals surface area contributed by atoms with Gasteiger partial charge in [0.15, 0.2) is 0 Å². The van der Waals surface area contributed by atoms with Crippen LogP contribution in [0.1, 0.15) is 55.7 Å². The largest absolute Gasteiger partial charge is 0.393 e. The number of ketones is 1. The summed E-state index contributed by atoms with van der Waals surface area (Å²) < 4.78 is 38.8. The molecule has 0 saturated heterocycles. The molecular formula is C24H25ClN5O6S2. The molecule has 1 saturated carbocycles. The second kappa shape index (κ2) is 10.9. The number of aryl methyl sites for hydroxylation is 1. The van der Waals surface area contributed by atoms with Crippen molar-refractivity contribution in [3.8, 4) is 0 Å². The highest BCUT2D eigenvalue weighted by Crippen LogP contribution is 2.39. The molecule has 11 nitrogen and oxygen atoms in total. The highest BCUT2D eigenvalue weighted by molar-refractivity contribution is 7.83. The van der Waals surface area contributed by atoms with E-state index < -0.39 is 22.3 Å². The molecule has 0 bridgehead atoms. The van der Waals surface area contributed by atoms with Crippen molar-refractivity contribution in [2.75, 3.05) is 11.9 Å². The number of thiophene rings is 1. The Balaban J connectivity index is 1.35. The molecule has 1 radical (unpaired) electrons. The van der Waals surface area contributed by atoms with Crippen molar-refractivity contribution in [2.24, 2.45) is 5.92 Å². The fourth-order valence-electron chi connectivity index (χ4n) is 4.88. The van der Waals surface area contributed by atoms with E-state index in [9.17, 15) is 18.3 Å². The van der Waals surface area contributed by atoms with Crippen LogP contribution in [-0.4, -0.2) is 57.6 Å². The van der Waals surface area contributed by atoms with Crippen molar-refractivity contribution in [2.45, 2.75) is 44.4 Å². The van der Waals surface area contributed by atoms with Crippen LogP contribution in [0.25, 0.3) is 0 Å². The Morgan fingerprint density at radius 2 is 2.05 bits per heavy atom. The summed E-state index contributed by atoms with van der Waals surface area (Å²) in [6.45, 7) is 3.62. The number of nitrogens with one attached hydrogen (secondary N) is 2. The van der Waals surface area contributed by atoms with Crippen LogP contribution in [0.3, 0.4) is 0 Å². The molecule has 4 N–H and O–H groups in total.